The van der Waals surface area contributed by atoms with Gasteiger partial charge in [-0.25, -0.2) is 4.79 Å². The molecule has 0 bridgehead atoms. The summed E-state index contributed by atoms with van der Waals surface area (Å²) in [4.78, 5) is 11.7. The van der Waals surface area contributed by atoms with Crippen molar-refractivity contribution in [3.05, 3.63) is 0 Å². The Kier molecular flexibility index (Phi) is 3.85. The number of ether oxygens (including phenoxy) is 1. The predicted octanol–water partition coefficient (Wildman–Crippen LogP) is 2.45. The van der Waals surface area contributed by atoms with Crippen LogP contribution >= 0.6 is 0 Å². The summed E-state index contributed by atoms with van der Waals surface area (Å²) in [7, 11) is 0. The number of hydrogen-bond acceptors (Lipinski definition) is 3. The molecule has 0 aromatic carbocycles. The molecule has 0 saturated heterocycles. The highest BCUT2D eigenvalue weighted by Crippen LogP contribution is 2.42. The van der Waals surface area contributed by atoms with Crippen LogP contribution in [0.5, 0.6) is 0 Å². The number of alkyl carbamates (subject to hydrolysis) is 1. The number of aliphatic hydroxyl groups excluding tert-OH is 1. The van der Waals surface area contributed by atoms with E-state index in [-0.39, 0.29) is 18.2 Å². The third kappa shape index (κ3) is 3.61. The third-order valence-electron chi connectivity index (χ3n) is 4.01. The number of carbonyl (C=O) groups excluding carboxylic acids is 1. The average molecular weight is 255 g/mol. The fourth-order valence-corrected chi connectivity index (χ4v) is 3.32. The van der Waals surface area contributed by atoms with Crippen molar-refractivity contribution in [1.29, 1.82) is 0 Å². The minimum Gasteiger partial charge on any atom is -0.444 e. The first kappa shape index (κ1) is 13.7. The Hall–Kier alpha value is -0.770. The zero-order valence-corrected chi connectivity index (χ0v) is 11.6. The maximum absolute atomic E-state index is 11.7. The Bertz CT molecular complexity index is 311. The van der Waals surface area contributed by atoms with E-state index in [2.05, 4.69) is 5.32 Å². The highest BCUT2D eigenvalue weighted by molar-refractivity contribution is 5.68. The van der Waals surface area contributed by atoms with E-state index < -0.39 is 5.60 Å². The van der Waals surface area contributed by atoms with Gasteiger partial charge in [-0.2, -0.15) is 0 Å². The smallest absolute Gasteiger partial charge is 0.407 e. The molecule has 0 unspecified atom stereocenters. The topological polar surface area (TPSA) is 58.6 Å². The molecule has 0 aromatic heterocycles. The van der Waals surface area contributed by atoms with Gasteiger partial charge in [0.1, 0.15) is 5.60 Å². The molecular formula is C14H25NO3. The average Bonchev–Trinajstić information content (AvgIpc) is 2.55. The summed E-state index contributed by atoms with van der Waals surface area (Å²) in [5.74, 6) is 1.25. The van der Waals surface area contributed by atoms with E-state index in [0.717, 1.165) is 32.1 Å². The molecule has 2 saturated carbocycles. The van der Waals surface area contributed by atoms with Crippen molar-refractivity contribution in [2.24, 2.45) is 11.8 Å². The van der Waals surface area contributed by atoms with Gasteiger partial charge < -0.3 is 15.2 Å². The Morgan fingerprint density at radius 2 is 1.83 bits per heavy atom. The van der Waals surface area contributed by atoms with Crippen LogP contribution in [0.15, 0.2) is 0 Å². The van der Waals surface area contributed by atoms with Crippen LogP contribution in [-0.4, -0.2) is 28.9 Å². The Morgan fingerprint density at radius 3 is 2.50 bits per heavy atom. The second-order valence-electron chi connectivity index (χ2n) is 6.80. The van der Waals surface area contributed by atoms with Gasteiger partial charge in [-0.1, -0.05) is 0 Å². The molecule has 2 aliphatic carbocycles. The SMILES string of the molecule is CC(C)(C)OC(=O)N[C@H]1C[C@H]2CC[C@@H](O)C[C@@H]2C1. The van der Waals surface area contributed by atoms with E-state index in [1.165, 1.54) is 0 Å². The lowest BCUT2D eigenvalue weighted by Gasteiger charge is -2.28. The molecule has 2 rings (SSSR count). The summed E-state index contributed by atoms with van der Waals surface area (Å²) in [6.07, 6.45) is 4.49. The van der Waals surface area contributed by atoms with Crippen LogP contribution in [-0.2, 0) is 4.74 Å². The summed E-state index contributed by atoms with van der Waals surface area (Å²) in [6, 6.07) is 0.222. The molecule has 2 aliphatic rings. The van der Waals surface area contributed by atoms with Gasteiger partial charge in [-0.15, -0.1) is 0 Å². The van der Waals surface area contributed by atoms with E-state index in [4.69, 9.17) is 4.74 Å². The maximum atomic E-state index is 11.7. The highest BCUT2D eigenvalue weighted by Gasteiger charge is 2.39. The molecule has 0 radical (unpaired) electrons. The molecule has 2 fully saturated rings. The molecule has 18 heavy (non-hydrogen) atoms. The quantitative estimate of drug-likeness (QED) is 0.756. The third-order valence-corrected chi connectivity index (χ3v) is 4.01. The Labute approximate surface area is 109 Å². The number of nitrogens with one attached hydrogen (secondary N) is 1. The summed E-state index contributed by atoms with van der Waals surface area (Å²) in [6.45, 7) is 5.62. The van der Waals surface area contributed by atoms with Crippen molar-refractivity contribution < 1.29 is 14.6 Å². The van der Waals surface area contributed by atoms with Crippen LogP contribution in [0.25, 0.3) is 0 Å². The molecular weight excluding hydrogens is 230 g/mol. The van der Waals surface area contributed by atoms with Crippen molar-refractivity contribution in [3.8, 4) is 0 Å². The van der Waals surface area contributed by atoms with Gasteiger partial charge in [0.2, 0.25) is 0 Å². The molecule has 0 aromatic rings. The van der Waals surface area contributed by atoms with Crippen LogP contribution in [0.2, 0.25) is 0 Å². The number of aliphatic hydroxyl groups is 1. The van der Waals surface area contributed by atoms with Gasteiger partial charge >= 0.3 is 6.09 Å². The van der Waals surface area contributed by atoms with Gasteiger partial charge in [0, 0.05) is 6.04 Å². The van der Waals surface area contributed by atoms with Gasteiger partial charge in [0.05, 0.1) is 6.10 Å². The van der Waals surface area contributed by atoms with Crippen LogP contribution in [0, 0.1) is 11.8 Å². The first-order valence-corrected chi connectivity index (χ1v) is 7.01. The number of amides is 1. The lowest BCUT2D eigenvalue weighted by Crippen LogP contribution is -2.38. The molecule has 4 nitrogen and oxygen atoms in total. The van der Waals surface area contributed by atoms with Crippen LogP contribution in [0.1, 0.15) is 52.9 Å². The van der Waals surface area contributed by atoms with Crippen LogP contribution in [0.3, 0.4) is 0 Å². The summed E-state index contributed by atoms with van der Waals surface area (Å²) in [5, 5.41) is 12.6. The summed E-state index contributed by atoms with van der Waals surface area (Å²) < 4.78 is 5.27. The second kappa shape index (κ2) is 5.08. The van der Waals surface area contributed by atoms with E-state index in [1.54, 1.807) is 0 Å². The van der Waals surface area contributed by atoms with Crippen molar-refractivity contribution in [1.82, 2.24) is 5.32 Å². The number of rotatable bonds is 1. The Morgan fingerprint density at radius 1 is 1.17 bits per heavy atom. The minimum absolute atomic E-state index is 0.133. The standard InChI is InChI=1S/C14H25NO3/c1-14(2,3)18-13(17)15-11-6-9-4-5-12(16)8-10(9)7-11/h9-12,16H,4-8H2,1-3H3,(H,15,17)/t9-,10+,11+,12-/m1/s1. The zero-order valence-electron chi connectivity index (χ0n) is 11.6. The van der Waals surface area contributed by atoms with Gasteiger partial charge in [0.15, 0.2) is 0 Å². The van der Waals surface area contributed by atoms with Gasteiger partial charge in [-0.3, -0.25) is 0 Å². The zero-order chi connectivity index (χ0) is 13.3. The van der Waals surface area contributed by atoms with E-state index >= 15 is 0 Å². The van der Waals surface area contributed by atoms with Gasteiger partial charge in [-0.05, 0) is 64.7 Å². The monoisotopic (exact) mass is 255 g/mol. The maximum Gasteiger partial charge on any atom is 0.407 e. The molecule has 1 amide bonds. The van der Waals surface area contributed by atoms with Crippen molar-refractivity contribution >= 4 is 6.09 Å². The van der Waals surface area contributed by atoms with E-state index in [9.17, 15) is 9.90 Å². The molecule has 4 heteroatoms. The molecule has 0 heterocycles. The second-order valence-corrected chi connectivity index (χ2v) is 6.80. The first-order valence-electron chi connectivity index (χ1n) is 7.01. The highest BCUT2D eigenvalue weighted by atomic mass is 16.6. The lowest BCUT2D eigenvalue weighted by atomic mass is 9.80. The summed E-state index contributed by atoms with van der Waals surface area (Å²) >= 11 is 0. The minimum atomic E-state index is -0.439. The van der Waals surface area contributed by atoms with Crippen LogP contribution in [0.4, 0.5) is 4.79 Å². The lowest BCUT2D eigenvalue weighted by molar-refractivity contribution is 0.0504. The number of fused-ring (bicyclic) bond motifs is 1. The Balaban J connectivity index is 1.80. The first-order chi connectivity index (χ1) is 8.33. The van der Waals surface area contributed by atoms with Crippen molar-refractivity contribution in [2.45, 2.75) is 70.6 Å². The molecule has 0 spiro atoms. The number of carbonyl (C=O) groups is 1. The largest absolute Gasteiger partial charge is 0.444 e. The van der Waals surface area contributed by atoms with Crippen LogP contribution < -0.4 is 5.32 Å². The number of hydrogen-bond donors (Lipinski definition) is 2. The van der Waals surface area contributed by atoms with E-state index in [1.807, 2.05) is 20.8 Å². The van der Waals surface area contributed by atoms with Crippen molar-refractivity contribution in [2.75, 3.05) is 0 Å². The molecule has 104 valence electrons. The normalized spacial score (nSPS) is 36.0. The molecule has 2 N–H and O–H groups in total. The fourth-order valence-electron chi connectivity index (χ4n) is 3.32. The van der Waals surface area contributed by atoms with E-state index in [0.29, 0.717) is 11.8 Å². The fraction of sp³-hybridized carbons (Fsp3) is 0.929. The molecule has 0 aliphatic heterocycles. The molecule has 4 atom stereocenters. The van der Waals surface area contributed by atoms with Gasteiger partial charge in [0.25, 0.3) is 0 Å². The predicted molar refractivity (Wildman–Crippen MR) is 69.2 cm³/mol. The summed E-state index contributed by atoms with van der Waals surface area (Å²) in [5.41, 5.74) is -0.439. The van der Waals surface area contributed by atoms with Crippen molar-refractivity contribution in [3.63, 3.8) is 0 Å².